The van der Waals surface area contributed by atoms with E-state index in [0.717, 1.165) is 11.1 Å². The highest BCUT2D eigenvalue weighted by Gasteiger charge is 2.33. The second-order valence-corrected chi connectivity index (χ2v) is 10.8. The molecule has 2 heterocycles. The SMILES string of the molecule is Cc1ccc(S(=O)(=O)N2CCC(C(=O)NC(c3ccc(Cl)cc3)c3nccn3C)CC2)cc1. The highest BCUT2D eigenvalue weighted by Crippen LogP contribution is 2.27. The Morgan fingerprint density at radius 1 is 1.09 bits per heavy atom. The lowest BCUT2D eigenvalue weighted by Gasteiger charge is -2.31. The van der Waals surface area contributed by atoms with Crippen LogP contribution in [0.25, 0.3) is 0 Å². The van der Waals surface area contributed by atoms with Crippen molar-refractivity contribution >= 4 is 27.5 Å². The van der Waals surface area contributed by atoms with Crippen LogP contribution in [0.3, 0.4) is 0 Å². The number of carbonyl (C=O) groups excluding carboxylic acids is 1. The van der Waals surface area contributed by atoms with Gasteiger partial charge < -0.3 is 9.88 Å². The normalized spacial score (nSPS) is 16.5. The molecule has 1 saturated heterocycles. The van der Waals surface area contributed by atoms with Gasteiger partial charge >= 0.3 is 0 Å². The first-order valence-electron chi connectivity index (χ1n) is 10.9. The Bertz CT molecular complexity index is 1220. The number of piperidine rings is 1. The maximum atomic E-state index is 13.2. The Labute approximate surface area is 199 Å². The first kappa shape index (κ1) is 23.5. The number of hydrogen-bond donors (Lipinski definition) is 1. The fraction of sp³-hybridized carbons (Fsp3) is 0.333. The quantitative estimate of drug-likeness (QED) is 0.576. The van der Waals surface area contributed by atoms with Crippen molar-refractivity contribution in [3.63, 3.8) is 0 Å². The molecule has 9 heteroatoms. The fourth-order valence-electron chi connectivity index (χ4n) is 4.09. The average Bonchev–Trinajstić information content (AvgIpc) is 3.24. The first-order chi connectivity index (χ1) is 15.8. The summed E-state index contributed by atoms with van der Waals surface area (Å²) >= 11 is 6.04. The molecule has 1 atom stereocenters. The Morgan fingerprint density at radius 3 is 2.30 bits per heavy atom. The van der Waals surface area contributed by atoms with Crippen molar-refractivity contribution in [2.24, 2.45) is 13.0 Å². The molecule has 7 nitrogen and oxygen atoms in total. The number of sulfonamides is 1. The number of carbonyl (C=O) groups is 1. The lowest BCUT2D eigenvalue weighted by atomic mass is 9.96. The highest BCUT2D eigenvalue weighted by atomic mass is 35.5. The third-order valence-electron chi connectivity index (χ3n) is 6.09. The smallest absolute Gasteiger partial charge is 0.243 e. The summed E-state index contributed by atoms with van der Waals surface area (Å²) in [5.41, 5.74) is 1.88. The van der Waals surface area contributed by atoms with Crippen molar-refractivity contribution in [3.05, 3.63) is 82.9 Å². The molecule has 2 aromatic carbocycles. The van der Waals surface area contributed by atoms with E-state index < -0.39 is 16.1 Å². The minimum absolute atomic E-state index is 0.106. The van der Waals surface area contributed by atoms with Crippen LogP contribution in [0, 0.1) is 12.8 Å². The second kappa shape index (κ2) is 9.67. The van der Waals surface area contributed by atoms with Crippen LogP contribution in [-0.4, -0.2) is 41.3 Å². The predicted octanol–water partition coefficient (Wildman–Crippen LogP) is 3.69. The molecule has 1 aromatic heterocycles. The van der Waals surface area contributed by atoms with Crippen LogP contribution in [0.15, 0.2) is 65.8 Å². The fourth-order valence-corrected chi connectivity index (χ4v) is 5.68. The summed E-state index contributed by atoms with van der Waals surface area (Å²) in [6.45, 7) is 2.54. The third-order valence-corrected chi connectivity index (χ3v) is 8.25. The van der Waals surface area contributed by atoms with E-state index in [1.54, 1.807) is 42.6 Å². The zero-order chi connectivity index (χ0) is 23.6. The molecule has 0 aliphatic carbocycles. The molecule has 1 N–H and O–H groups in total. The van der Waals surface area contributed by atoms with Gasteiger partial charge in [-0.25, -0.2) is 13.4 Å². The van der Waals surface area contributed by atoms with Gasteiger partial charge in [-0.15, -0.1) is 0 Å². The number of rotatable bonds is 6. The van der Waals surface area contributed by atoms with Crippen molar-refractivity contribution < 1.29 is 13.2 Å². The predicted molar refractivity (Wildman–Crippen MR) is 127 cm³/mol. The van der Waals surface area contributed by atoms with Crippen LogP contribution >= 0.6 is 11.6 Å². The van der Waals surface area contributed by atoms with Gasteiger partial charge in [0.05, 0.1) is 4.90 Å². The molecule has 33 heavy (non-hydrogen) atoms. The number of amides is 1. The minimum Gasteiger partial charge on any atom is -0.342 e. The first-order valence-corrected chi connectivity index (χ1v) is 12.7. The molecule has 1 amide bonds. The van der Waals surface area contributed by atoms with Crippen molar-refractivity contribution in [3.8, 4) is 0 Å². The molecule has 3 aromatic rings. The van der Waals surface area contributed by atoms with Gasteiger partial charge in [0.2, 0.25) is 15.9 Å². The van der Waals surface area contributed by atoms with E-state index in [1.165, 1.54) is 4.31 Å². The Hall–Kier alpha value is -2.68. The van der Waals surface area contributed by atoms with E-state index in [9.17, 15) is 13.2 Å². The summed E-state index contributed by atoms with van der Waals surface area (Å²) in [6.07, 6.45) is 4.45. The van der Waals surface area contributed by atoms with Gasteiger partial charge in [-0.3, -0.25) is 4.79 Å². The standard InChI is InChI=1S/C24H27ClN4O3S/c1-17-3-9-21(10-4-17)33(31,32)29-14-11-19(12-15-29)24(30)27-22(23-26-13-16-28(23)2)18-5-7-20(25)8-6-18/h3-10,13,16,19,22H,11-12,14-15H2,1-2H3,(H,27,30). The van der Waals surface area contributed by atoms with Crippen LogP contribution in [0.4, 0.5) is 0 Å². The molecule has 1 fully saturated rings. The molecule has 0 radical (unpaired) electrons. The van der Waals surface area contributed by atoms with Crippen molar-refractivity contribution in [1.82, 2.24) is 19.2 Å². The van der Waals surface area contributed by atoms with Crippen LogP contribution in [0.1, 0.15) is 35.8 Å². The van der Waals surface area contributed by atoms with Crippen LogP contribution in [0.2, 0.25) is 5.02 Å². The van der Waals surface area contributed by atoms with Crippen molar-refractivity contribution in [2.45, 2.75) is 30.7 Å². The zero-order valence-corrected chi connectivity index (χ0v) is 20.2. The van der Waals surface area contributed by atoms with E-state index in [2.05, 4.69) is 10.3 Å². The van der Waals surface area contributed by atoms with E-state index in [4.69, 9.17) is 11.6 Å². The number of imidazole rings is 1. The Kier molecular flexibility index (Phi) is 6.88. The molecule has 1 aliphatic heterocycles. The summed E-state index contributed by atoms with van der Waals surface area (Å²) in [5.74, 6) is 0.333. The number of benzene rings is 2. The van der Waals surface area contributed by atoms with E-state index >= 15 is 0 Å². The monoisotopic (exact) mass is 486 g/mol. The molecular formula is C24H27ClN4O3S. The summed E-state index contributed by atoms with van der Waals surface area (Å²) in [6, 6.07) is 13.7. The lowest BCUT2D eigenvalue weighted by molar-refractivity contribution is -0.126. The zero-order valence-electron chi connectivity index (χ0n) is 18.6. The van der Waals surface area contributed by atoms with Gasteiger partial charge in [-0.05, 0) is 49.6 Å². The van der Waals surface area contributed by atoms with Crippen LogP contribution in [-0.2, 0) is 21.9 Å². The Morgan fingerprint density at radius 2 is 1.73 bits per heavy atom. The third kappa shape index (κ3) is 5.13. The molecule has 0 bridgehead atoms. The number of nitrogens with zero attached hydrogens (tertiary/aromatic N) is 3. The Balaban J connectivity index is 1.45. The summed E-state index contributed by atoms with van der Waals surface area (Å²) in [7, 11) is -1.68. The van der Waals surface area contributed by atoms with Gasteiger partial charge in [0.15, 0.2) is 0 Å². The highest BCUT2D eigenvalue weighted by molar-refractivity contribution is 7.89. The molecule has 4 rings (SSSR count). The maximum absolute atomic E-state index is 13.2. The maximum Gasteiger partial charge on any atom is 0.243 e. The van der Waals surface area contributed by atoms with E-state index in [-0.39, 0.29) is 16.7 Å². The topological polar surface area (TPSA) is 84.3 Å². The number of halogens is 1. The molecule has 1 aliphatic rings. The van der Waals surface area contributed by atoms with Gasteiger partial charge in [0.1, 0.15) is 11.9 Å². The molecular weight excluding hydrogens is 460 g/mol. The van der Waals surface area contributed by atoms with Crippen LogP contribution in [0.5, 0.6) is 0 Å². The number of hydrogen-bond acceptors (Lipinski definition) is 4. The molecule has 0 saturated carbocycles. The van der Waals surface area contributed by atoms with Gasteiger partial charge in [-0.2, -0.15) is 4.31 Å². The van der Waals surface area contributed by atoms with E-state index in [1.807, 2.05) is 36.9 Å². The van der Waals surface area contributed by atoms with Crippen molar-refractivity contribution in [1.29, 1.82) is 0 Å². The summed E-state index contributed by atoms with van der Waals surface area (Å²) in [4.78, 5) is 17.9. The van der Waals surface area contributed by atoms with E-state index in [0.29, 0.717) is 36.8 Å². The molecule has 1 unspecified atom stereocenters. The number of aryl methyl sites for hydroxylation is 2. The molecule has 0 spiro atoms. The van der Waals surface area contributed by atoms with Crippen LogP contribution < -0.4 is 5.32 Å². The van der Waals surface area contributed by atoms with Gasteiger partial charge in [-0.1, -0.05) is 41.4 Å². The average molecular weight is 487 g/mol. The largest absolute Gasteiger partial charge is 0.342 e. The second-order valence-electron chi connectivity index (χ2n) is 8.38. The van der Waals surface area contributed by atoms with Gasteiger partial charge in [0.25, 0.3) is 0 Å². The van der Waals surface area contributed by atoms with Gasteiger partial charge in [0, 0.05) is 43.5 Å². The summed E-state index contributed by atoms with van der Waals surface area (Å²) < 4.78 is 29.3. The molecule has 174 valence electrons. The lowest BCUT2D eigenvalue weighted by Crippen LogP contribution is -2.44. The summed E-state index contributed by atoms with van der Waals surface area (Å²) in [5, 5.41) is 3.74. The van der Waals surface area contributed by atoms with Crippen molar-refractivity contribution in [2.75, 3.05) is 13.1 Å². The number of aromatic nitrogens is 2. The number of nitrogens with one attached hydrogen (secondary N) is 1. The minimum atomic E-state index is -3.56.